The molecule has 0 aliphatic heterocycles. The van der Waals surface area contributed by atoms with Crippen LogP contribution in [0.5, 0.6) is 0 Å². The quantitative estimate of drug-likeness (QED) is 0.484. The lowest BCUT2D eigenvalue weighted by Crippen LogP contribution is -2.34. The van der Waals surface area contributed by atoms with Gasteiger partial charge in [0.1, 0.15) is 0 Å². The molecule has 0 aromatic carbocycles. The van der Waals surface area contributed by atoms with E-state index in [0.717, 1.165) is 0 Å². The molecule has 0 aromatic heterocycles. The molecule has 15 heavy (non-hydrogen) atoms. The molecule has 0 N–H and O–H groups in total. The Labute approximate surface area is 97.6 Å². The summed E-state index contributed by atoms with van der Waals surface area (Å²) in [5, 5.41) is 0. The number of alkyl halides is 1. The number of nitrogens with zero attached hydrogens (tertiary/aromatic N) is 1. The van der Waals surface area contributed by atoms with Crippen LogP contribution >= 0.6 is 11.6 Å². The van der Waals surface area contributed by atoms with E-state index in [4.69, 9.17) is 16.3 Å². The number of likely N-dealkylation sites (N-methyl/N-ethyl adjacent to an activating group) is 1. The van der Waals surface area contributed by atoms with Crippen LogP contribution in [-0.2, 0) is 14.8 Å². The van der Waals surface area contributed by atoms with E-state index in [9.17, 15) is 8.42 Å². The normalized spacial score (nSPS) is 14.5. The summed E-state index contributed by atoms with van der Waals surface area (Å²) in [4.78, 5) is 0. The number of halogens is 1. The van der Waals surface area contributed by atoms with Gasteiger partial charge in [0.2, 0.25) is 10.0 Å². The van der Waals surface area contributed by atoms with Crippen molar-refractivity contribution < 1.29 is 13.2 Å². The van der Waals surface area contributed by atoms with Gasteiger partial charge in [0.05, 0.1) is 12.4 Å². The highest BCUT2D eigenvalue weighted by molar-refractivity contribution is 7.89. The number of ether oxygens (including phenoxy) is 1. The molecule has 0 fully saturated rings. The van der Waals surface area contributed by atoms with Gasteiger partial charge in [-0.25, -0.2) is 12.7 Å². The highest BCUT2D eigenvalue weighted by atomic mass is 35.5. The maximum Gasteiger partial charge on any atom is 0.214 e. The third-order valence-corrected chi connectivity index (χ3v) is 4.64. The van der Waals surface area contributed by atoms with Gasteiger partial charge in [-0.3, -0.25) is 0 Å². The largest absolute Gasteiger partial charge is 0.380 e. The zero-order valence-corrected chi connectivity index (χ0v) is 11.1. The molecule has 0 radical (unpaired) electrons. The summed E-state index contributed by atoms with van der Waals surface area (Å²) < 4.78 is 29.8. The number of rotatable bonds is 8. The summed E-state index contributed by atoms with van der Waals surface area (Å²) in [6.07, 6.45) is 0. The van der Waals surface area contributed by atoms with Crippen molar-refractivity contribution in [1.29, 1.82) is 0 Å². The second-order valence-electron chi connectivity index (χ2n) is 3.56. The molecular formula is C9H20ClNO3S. The molecular weight excluding hydrogens is 238 g/mol. The fourth-order valence-electron chi connectivity index (χ4n) is 1.01. The minimum absolute atomic E-state index is 0.0220. The Kier molecular flexibility index (Phi) is 7.52. The van der Waals surface area contributed by atoms with E-state index in [1.54, 1.807) is 7.05 Å². The van der Waals surface area contributed by atoms with Gasteiger partial charge in [0, 0.05) is 26.1 Å². The maximum absolute atomic E-state index is 11.7. The average molecular weight is 258 g/mol. The number of sulfonamides is 1. The van der Waals surface area contributed by atoms with Crippen LogP contribution in [0.4, 0.5) is 0 Å². The molecule has 0 aliphatic rings. The van der Waals surface area contributed by atoms with Gasteiger partial charge >= 0.3 is 0 Å². The third-order valence-electron chi connectivity index (χ3n) is 1.99. The zero-order valence-electron chi connectivity index (χ0n) is 9.57. The summed E-state index contributed by atoms with van der Waals surface area (Å²) in [7, 11) is -1.62. The first kappa shape index (κ1) is 15.2. The first-order valence-electron chi connectivity index (χ1n) is 5.01. The molecule has 0 saturated carbocycles. The molecule has 0 bridgehead atoms. The Hall–Kier alpha value is 0.160. The van der Waals surface area contributed by atoms with Crippen molar-refractivity contribution in [3.05, 3.63) is 0 Å². The molecule has 0 heterocycles. The highest BCUT2D eigenvalue weighted by Gasteiger charge is 2.20. The van der Waals surface area contributed by atoms with Crippen molar-refractivity contribution in [3.63, 3.8) is 0 Å². The molecule has 0 aliphatic carbocycles. The standard InChI is InChI=1S/C9H20ClNO3S/c1-4-14-6-5-11(3)15(12,13)8-9(2)7-10/h9H,4-8H2,1-3H3. The molecule has 0 amide bonds. The Morgan fingerprint density at radius 1 is 1.47 bits per heavy atom. The van der Waals surface area contributed by atoms with E-state index in [-0.39, 0.29) is 11.7 Å². The fourth-order valence-corrected chi connectivity index (χ4v) is 2.69. The maximum atomic E-state index is 11.7. The molecule has 92 valence electrons. The summed E-state index contributed by atoms with van der Waals surface area (Å²) in [5.74, 6) is 0.434. The van der Waals surface area contributed by atoms with E-state index in [1.165, 1.54) is 4.31 Å². The van der Waals surface area contributed by atoms with Crippen LogP contribution in [0.3, 0.4) is 0 Å². The van der Waals surface area contributed by atoms with Gasteiger partial charge in [0.25, 0.3) is 0 Å². The molecule has 1 atom stereocenters. The van der Waals surface area contributed by atoms with Crippen LogP contribution in [0, 0.1) is 5.92 Å². The van der Waals surface area contributed by atoms with Crippen LogP contribution in [0.25, 0.3) is 0 Å². The van der Waals surface area contributed by atoms with Crippen LogP contribution in [0.2, 0.25) is 0 Å². The topological polar surface area (TPSA) is 46.6 Å². The van der Waals surface area contributed by atoms with Gasteiger partial charge in [-0.1, -0.05) is 6.92 Å². The lowest BCUT2D eigenvalue weighted by atomic mass is 10.3. The van der Waals surface area contributed by atoms with Crippen molar-refractivity contribution in [2.24, 2.45) is 5.92 Å². The zero-order chi connectivity index (χ0) is 11.9. The smallest absolute Gasteiger partial charge is 0.214 e. The summed E-state index contributed by atoms with van der Waals surface area (Å²) in [6.45, 7) is 5.13. The Morgan fingerprint density at radius 2 is 2.07 bits per heavy atom. The van der Waals surface area contributed by atoms with E-state index in [2.05, 4.69) is 0 Å². The Bertz CT molecular complexity index is 256. The third kappa shape index (κ3) is 6.35. The number of hydrogen-bond donors (Lipinski definition) is 0. The summed E-state index contributed by atoms with van der Waals surface area (Å²) in [5.41, 5.74) is 0. The van der Waals surface area contributed by atoms with Gasteiger partial charge in [-0.15, -0.1) is 11.6 Å². The molecule has 1 unspecified atom stereocenters. The summed E-state index contributed by atoms with van der Waals surface area (Å²) in [6, 6.07) is 0. The predicted octanol–water partition coefficient (Wildman–Crippen LogP) is 1.16. The minimum Gasteiger partial charge on any atom is -0.380 e. The second-order valence-corrected chi connectivity index (χ2v) is 5.99. The molecule has 0 rings (SSSR count). The molecule has 4 nitrogen and oxygen atoms in total. The van der Waals surface area contributed by atoms with E-state index in [1.807, 2.05) is 13.8 Å². The molecule has 6 heteroatoms. The highest BCUT2D eigenvalue weighted by Crippen LogP contribution is 2.07. The van der Waals surface area contributed by atoms with Gasteiger partial charge in [-0.2, -0.15) is 0 Å². The van der Waals surface area contributed by atoms with Crippen LogP contribution < -0.4 is 0 Å². The van der Waals surface area contributed by atoms with Gasteiger partial charge in [-0.05, 0) is 12.8 Å². The van der Waals surface area contributed by atoms with Crippen molar-refractivity contribution in [2.75, 3.05) is 38.4 Å². The van der Waals surface area contributed by atoms with Crippen LogP contribution in [0.1, 0.15) is 13.8 Å². The average Bonchev–Trinajstić information content (AvgIpc) is 2.17. The minimum atomic E-state index is -3.18. The van der Waals surface area contributed by atoms with Crippen LogP contribution in [0.15, 0.2) is 0 Å². The van der Waals surface area contributed by atoms with E-state index >= 15 is 0 Å². The fraction of sp³-hybridized carbons (Fsp3) is 1.00. The second kappa shape index (κ2) is 7.44. The lowest BCUT2D eigenvalue weighted by Gasteiger charge is -2.18. The Balaban J connectivity index is 4.08. The molecule has 0 aromatic rings. The van der Waals surface area contributed by atoms with Gasteiger partial charge in [0.15, 0.2) is 0 Å². The first-order chi connectivity index (χ1) is 6.94. The van der Waals surface area contributed by atoms with Crippen molar-refractivity contribution >= 4 is 21.6 Å². The van der Waals surface area contributed by atoms with Crippen molar-refractivity contribution in [1.82, 2.24) is 4.31 Å². The van der Waals surface area contributed by atoms with E-state index < -0.39 is 10.0 Å². The first-order valence-corrected chi connectivity index (χ1v) is 7.16. The Morgan fingerprint density at radius 3 is 2.53 bits per heavy atom. The van der Waals surface area contributed by atoms with Gasteiger partial charge < -0.3 is 4.74 Å². The lowest BCUT2D eigenvalue weighted by molar-refractivity contribution is 0.138. The predicted molar refractivity (Wildman–Crippen MR) is 62.8 cm³/mol. The summed E-state index contributed by atoms with van der Waals surface area (Å²) >= 11 is 5.58. The molecule has 0 spiro atoms. The van der Waals surface area contributed by atoms with E-state index in [0.29, 0.717) is 25.6 Å². The molecule has 0 saturated heterocycles. The van der Waals surface area contributed by atoms with Crippen molar-refractivity contribution in [2.45, 2.75) is 13.8 Å². The number of hydrogen-bond acceptors (Lipinski definition) is 3. The SMILES string of the molecule is CCOCCN(C)S(=O)(=O)CC(C)CCl. The van der Waals surface area contributed by atoms with Crippen LogP contribution in [-0.4, -0.2) is 51.2 Å². The van der Waals surface area contributed by atoms with Crippen molar-refractivity contribution in [3.8, 4) is 0 Å². The monoisotopic (exact) mass is 257 g/mol.